The summed E-state index contributed by atoms with van der Waals surface area (Å²) >= 11 is 0. The van der Waals surface area contributed by atoms with E-state index >= 15 is 0 Å². The number of rotatable bonds is 2. The zero-order valence-electron chi connectivity index (χ0n) is 10.7. The predicted octanol–water partition coefficient (Wildman–Crippen LogP) is 3.45. The van der Waals surface area contributed by atoms with E-state index in [1.807, 2.05) is 0 Å². The molecule has 0 heterocycles. The predicted molar refractivity (Wildman–Crippen MR) is 69.4 cm³/mol. The lowest BCUT2D eigenvalue weighted by Gasteiger charge is -2.26. The maximum absolute atomic E-state index is 6.50. The van der Waals surface area contributed by atoms with E-state index in [1.165, 1.54) is 17.5 Å². The summed E-state index contributed by atoms with van der Waals surface area (Å²) in [7, 11) is 0. The molecule has 1 aromatic rings. The second-order valence-electron chi connectivity index (χ2n) is 6.37. The van der Waals surface area contributed by atoms with Gasteiger partial charge in [0.05, 0.1) is 0 Å². The van der Waals surface area contributed by atoms with Gasteiger partial charge in [-0.2, -0.15) is 0 Å². The Morgan fingerprint density at radius 1 is 1.12 bits per heavy atom. The third kappa shape index (κ3) is 2.65. The third-order valence-electron chi connectivity index (χ3n) is 3.81. The average molecular weight is 217 g/mol. The summed E-state index contributed by atoms with van der Waals surface area (Å²) in [5, 5.41) is 0. The lowest BCUT2D eigenvalue weighted by atomic mass is 9.85. The zero-order chi connectivity index (χ0) is 11.8. The van der Waals surface area contributed by atoms with Crippen molar-refractivity contribution in [3.8, 4) is 0 Å². The van der Waals surface area contributed by atoms with Gasteiger partial charge >= 0.3 is 0 Å². The molecule has 0 spiro atoms. The maximum Gasteiger partial charge on any atom is 0.0200 e. The summed E-state index contributed by atoms with van der Waals surface area (Å²) in [5.41, 5.74) is 9.66. The number of aryl methyl sites for hydroxylation is 1. The minimum Gasteiger partial charge on any atom is -0.325 e. The van der Waals surface area contributed by atoms with Crippen LogP contribution < -0.4 is 5.73 Å². The van der Waals surface area contributed by atoms with Crippen LogP contribution >= 0.6 is 0 Å². The van der Waals surface area contributed by atoms with Crippen molar-refractivity contribution in [2.45, 2.75) is 52.0 Å². The summed E-state index contributed by atoms with van der Waals surface area (Å²) in [6.45, 7) is 6.79. The van der Waals surface area contributed by atoms with E-state index < -0.39 is 0 Å². The Labute approximate surface area is 99.0 Å². The molecule has 2 N–H and O–H groups in total. The molecule has 0 saturated heterocycles. The Morgan fingerprint density at radius 3 is 2.25 bits per heavy atom. The summed E-state index contributed by atoms with van der Waals surface area (Å²) < 4.78 is 0. The van der Waals surface area contributed by atoms with Gasteiger partial charge in [0.1, 0.15) is 0 Å². The molecule has 1 aliphatic rings. The smallest absolute Gasteiger partial charge is 0.0200 e. The van der Waals surface area contributed by atoms with Crippen LogP contribution in [0.5, 0.6) is 0 Å². The van der Waals surface area contributed by atoms with Crippen LogP contribution in [0.4, 0.5) is 0 Å². The lowest BCUT2D eigenvalue weighted by Crippen LogP contribution is -2.40. The van der Waals surface area contributed by atoms with Crippen LogP contribution in [0.15, 0.2) is 24.3 Å². The van der Waals surface area contributed by atoms with Gasteiger partial charge in [0.25, 0.3) is 0 Å². The highest BCUT2D eigenvalue weighted by molar-refractivity contribution is 5.23. The molecule has 1 nitrogen and oxygen atoms in total. The molecule has 1 fully saturated rings. The fraction of sp³-hybridized carbons (Fsp3) is 0.600. The van der Waals surface area contributed by atoms with Crippen LogP contribution in [0.1, 0.15) is 44.2 Å². The van der Waals surface area contributed by atoms with Crippen molar-refractivity contribution in [2.75, 3.05) is 0 Å². The summed E-state index contributed by atoms with van der Waals surface area (Å²) in [6, 6.07) is 8.79. The van der Waals surface area contributed by atoms with E-state index in [4.69, 9.17) is 5.73 Å². The second kappa shape index (κ2) is 3.89. The van der Waals surface area contributed by atoms with Crippen LogP contribution in [-0.2, 0) is 6.42 Å². The van der Waals surface area contributed by atoms with Crippen molar-refractivity contribution in [3.05, 3.63) is 35.4 Å². The first-order chi connectivity index (χ1) is 7.39. The standard InChI is InChI=1S/C15H23N/c1-12-4-6-13(7-5-12)10-15(16)9-8-14(2,3)11-15/h4-7H,8-11,16H2,1-3H3. The van der Waals surface area contributed by atoms with Gasteiger partial charge in [0.2, 0.25) is 0 Å². The molecular weight excluding hydrogens is 194 g/mol. The van der Waals surface area contributed by atoms with E-state index in [-0.39, 0.29) is 5.54 Å². The molecule has 0 radical (unpaired) electrons. The number of hydrogen-bond donors (Lipinski definition) is 1. The van der Waals surface area contributed by atoms with Crippen LogP contribution in [0.3, 0.4) is 0 Å². The van der Waals surface area contributed by atoms with Gasteiger partial charge in [0.15, 0.2) is 0 Å². The minimum atomic E-state index is 0.0265. The normalized spacial score (nSPS) is 28.2. The summed E-state index contributed by atoms with van der Waals surface area (Å²) in [5.74, 6) is 0. The van der Waals surface area contributed by atoms with E-state index in [0.29, 0.717) is 5.41 Å². The van der Waals surface area contributed by atoms with E-state index in [1.54, 1.807) is 0 Å². The quantitative estimate of drug-likeness (QED) is 0.806. The largest absolute Gasteiger partial charge is 0.325 e. The molecule has 0 aromatic heterocycles. The molecule has 0 amide bonds. The van der Waals surface area contributed by atoms with Crippen molar-refractivity contribution in [2.24, 2.45) is 11.1 Å². The van der Waals surface area contributed by atoms with Crippen LogP contribution in [0.25, 0.3) is 0 Å². The molecule has 1 aromatic carbocycles. The van der Waals surface area contributed by atoms with Gasteiger partial charge in [-0.1, -0.05) is 43.7 Å². The first-order valence-electron chi connectivity index (χ1n) is 6.23. The van der Waals surface area contributed by atoms with Gasteiger partial charge in [-0.05, 0) is 43.6 Å². The third-order valence-corrected chi connectivity index (χ3v) is 3.81. The SMILES string of the molecule is Cc1ccc(CC2(N)CCC(C)(C)C2)cc1. The fourth-order valence-electron chi connectivity index (χ4n) is 2.98. The molecular formula is C15H23N. The van der Waals surface area contributed by atoms with E-state index in [0.717, 1.165) is 19.3 Å². The van der Waals surface area contributed by atoms with E-state index in [9.17, 15) is 0 Å². The first kappa shape index (κ1) is 11.7. The lowest BCUT2D eigenvalue weighted by molar-refractivity contribution is 0.334. The molecule has 1 saturated carbocycles. The molecule has 0 aliphatic heterocycles. The van der Waals surface area contributed by atoms with Crippen molar-refractivity contribution in [1.29, 1.82) is 0 Å². The van der Waals surface area contributed by atoms with Gasteiger partial charge in [-0.3, -0.25) is 0 Å². The monoisotopic (exact) mass is 217 g/mol. The highest BCUT2D eigenvalue weighted by atomic mass is 14.8. The first-order valence-corrected chi connectivity index (χ1v) is 6.23. The Bertz CT molecular complexity index is 364. The van der Waals surface area contributed by atoms with Crippen molar-refractivity contribution in [3.63, 3.8) is 0 Å². The van der Waals surface area contributed by atoms with Gasteiger partial charge < -0.3 is 5.73 Å². The topological polar surface area (TPSA) is 26.0 Å². The van der Waals surface area contributed by atoms with Gasteiger partial charge in [-0.15, -0.1) is 0 Å². The van der Waals surface area contributed by atoms with Gasteiger partial charge in [-0.25, -0.2) is 0 Å². The highest BCUT2D eigenvalue weighted by Gasteiger charge is 2.40. The zero-order valence-corrected chi connectivity index (χ0v) is 10.7. The second-order valence-corrected chi connectivity index (χ2v) is 6.37. The molecule has 88 valence electrons. The minimum absolute atomic E-state index is 0.0265. The number of benzene rings is 1. The average Bonchev–Trinajstić information content (AvgIpc) is 2.45. The van der Waals surface area contributed by atoms with Crippen LogP contribution in [0.2, 0.25) is 0 Å². The Morgan fingerprint density at radius 2 is 1.75 bits per heavy atom. The Kier molecular flexibility index (Phi) is 2.83. The molecule has 16 heavy (non-hydrogen) atoms. The van der Waals surface area contributed by atoms with Crippen LogP contribution in [-0.4, -0.2) is 5.54 Å². The molecule has 1 heteroatoms. The van der Waals surface area contributed by atoms with Crippen molar-refractivity contribution in [1.82, 2.24) is 0 Å². The molecule has 1 aliphatic carbocycles. The molecule has 0 bridgehead atoms. The number of nitrogens with two attached hydrogens (primary N) is 1. The Hall–Kier alpha value is -0.820. The maximum atomic E-state index is 6.50. The number of hydrogen-bond acceptors (Lipinski definition) is 1. The molecule has 1 atom stereocenters. The van der Waals surface area contributed by atoms with Crippen molar-refractivity contribution < 1.29 is 0 Å². The molecule has 1 unspecified atom stereocenters. The summed E-state index contributed by atoms with van der Waals surface area (Å²) in [6.07, 6.45) is 4.59. The van der Waals surface area contributed by atoms with Crippen LogP contribution in [0, 0.1) is 12.3 Å². The fourth-order valence-corrected chi connectivity index (χ4v) is 2.98. The Balaban J connectivity index is 2.07. The highest BCUT2D eigenvalue weighted by Crippen LogP contribution is 2.43. The van der Waals surface area contributed by atoms with Crippen molar-refractivity contribution >= 4 is 0 Å². The summed E-state index contributed by atoms with van der Waals surface area (Å²) in [4.78, 5) is 0. The molecule has 2 rings (SSSR count). The van der Waals surface area contributed by atoms with E-state index in [2.05, 4.69) is 45.0 Å². The van der Waals surface area contributed by atoms with Gasteiger partial charge in [0, 0.05) is 5.54 Å².